The molecule has 0 bridgehead atoms. The highest BCUT2D eigenvalue weighted by molar-refractivity contribution is 6.32. The second-order valence-electron chi connectivity index (χ2n) is 4.67. The number of carbonyl (C=O) groups is 2. The van der Waals surface area contributed by atoms with Crippen molar-refractivity contribution in [2.45, 2.75) is 32.4 Å². The van der Waals surface area contributed by atoms with Crippen molar-refractivity contribution in [3.05, 3.63) is 23.2 Å². The van der Waals surface area contributed by atoms with Gasteiger partial charge in [0.2, 0.25) is 11.8 Å². The minimum Gasteiger partial charge on any atom is -0.495 e. The third-order valence-electron chi connectivity index (χ3n) is 3.44. The molecule has 0 radical (unpaired) electrons. The summed E-state index contributed by atoms with van der Waals surface area (Å²) in [5.74, 6) is 0.244. The van der Waals surface area contributed by atoms with Crippen molar-refractivity contribution in [1.29, 1.82) is 0 Å². The maximum atomic E-state index is 12.4. The van der Waals surface area contributed by atoms with Crippen molar-refractivity contribution in [2.24, 2.45) is 0 Å². The minimum absolute atomic E-state index is 0.124. The van der Waals surface area contributed by atoms with Crippen LogP contribution in [-0.2, 0) is 9.59 Å². The molecule has 2 atom stereocenters. The topological polar surface area (TPSA) is 58.6 Å². The highest BCUT2D eigenvalue weighted by atomic mass is 35.5. The Bertz CT molecular complexity index is 547. The quantitative estimate of drug-likeness (QED) is 0.928. The first-order valence-corrected chi connectivity index (χ1v) is 6.84. The predicted octanol–water partition coefficient (Wildman–Crippen LogP) is 1.98. The van der Waals surface area contributed by atoms with Gasteiger partial charge in [-0.2, -0.15) is 0 Å². The van der Waals surface area contributed by atoms with Crippen LogP contribution in [0.15, 0.2) is 18.2 Å². The summed E-state index contributed by atoms with van der Waals surface area (Å²) < 4.78 is 5.09. The lowest BCUT2D eigenvalue weighted by atomic mass is 10.1. The maximum Gasteiger partial charge on any atom is 0.250 e. The van der Waals surface area contributed by atoms with Crippen LogP contribution in [0.25, 0.3) is 0 Å². The molecule has 2 unspecified atom stereocenters. The van der Waals surface area contributed by atoms with Crippen molar-refractivity contribution in [1.82, 2.24) is 5.32 Å². The molecule has 6 heteroatoms. The summed E-state index contributed by atoms with van der Waals surface area (Å²) in [5, 5.41) is 3.12. The Balaban J connectivity index is 2.40. The first-order valence-electron chi connectivity index (χ1n) is 6.46. The highest BCUT2D eigenvalue weighted by Gasteiger charge is 2.38. The zero-order chi connectivity index (χ0) is 14.9. The zero-order valence-electron chi connectivity index (χ0n) is 11.6. The highest BCUT2D eigenvalue weighted by Crippen LogP contribution is 2.31. The van der Waals surface area contributed by atoms with Crippen LogP contribution >= 0.6 is 11.6 Å². The van der Waals surface area contributed by atoms with Crippen LogP contribution in [0.3, 0.4) is 0 Å². The van der Waals surface area contributed by atoms with Gasteiger partial charge in [0.15, 0.2) is 0 Å². The molecule has 0 aromatic heterocycles. The molecule has 1 saturated heterocycles. The van der Waals surface area contributed by atoms with Crippen molar-refractivity contribution < 1.29 is 14.3 Å². The fourth-order valence-corrected chi connectivity index (χ4v) is 2.51. The van der Waals surface area contributed by atoms with E-state index in [4.69, 9.17) is 16.3 Å². The van der Waals surface area contributed by atoms with E-state index < -0.39 is 12.1 Å². The lowest BCUT2D eigenvalue weighted by Crippen LogP contribution is -2.62. The Morgan fingerprint density at radius 2 is 2.10 bits per heavy atom. The number of ether oxygens (including phenoxy) is 1. The van der Waals surface area contributed by atoms with Crippen LogP contribution in [-0.4, -0.2) is 31.0 Å². The van der Waals surface area contributed by atoms with Crippen molar-refractivity contribution in [3.63, 3.8) is 0 Å². The molecule has 1 aliphatic rings. The Morgan fingerprint density at radius 3 is 2.65 bits per heavy atom. The van der Waals surface area contributed by atoms with Crippen LogP contribution < -0.4 is 15.0 Å². The van der Waals surface area contributed by atoms with Crippen molar-refractivity contribution >= 4 is 29.1 Å². The molecule has 1 fully saturated rings. The molecule has 0 saturated carbocycles. The SMILES string of the molecule is CCC1NC(=O)C(C)N(c2ccc(OC)c(Cl)c2)C1=O. The number of piperazine rings is 1. The molecular formula is C14H17ClN2O3. The molecule has 1 aromatic rings. The van der Waals surface area contributed by atoms with Crippen LogP contribution in [0, 0.1) is 0 Å². The van der Waals surface area contributed by atoms with Crippen LogP contribution in [0.2, 0.25) is 5.02 Å². The van der Waals surface area contributed by atoms with Crippen LogP contribution in [0.4, 0.5) is 5.69 Å². The maximum absolute atomic E-state index is 12.4. The Labute approximate surface area is 122 Å². The normalized spacial score (nSPS) is 22.7. The Morgan fingerprint density at radius 1 is 1.40 bits per heavy atom. The third kappa shape index (κ3) is 2.45. The molecule has 2 amide bonds. The van der Waals surface area contributed by atoms with Gasteiger partial charge in [0.25, 0.3) is 0 Å². The average molecular weight is 297 g/mol. The lowest BCUT2D eigenvalue weighted by Gasteiger charge is -2.37. The number of nitrogens with zero attached hydrogens (tertiary/aromatic N) is 1. The van der Waals surface area contributed by atoms with Gasteiger partial charge in [0.1, 0.15) is 17.8 Å². The van der Waals surface area contributed by atoms with Gasteiger partial charge >= 0.3 is 0 Å². The average Bonchev–Trinajstić information content (AvgIpc) is 2.43. The minimum atomic E-state index is -0.560. The predicted molar refractivity (Wildman–Crippen MR) is 77.2 cm³/mol. The molecule has 0 spiro atoms. The number of rotatable bonds is 3. The molecular weight excluding hydrogens is 280 g/mol. The summed E-state index contributed by atoms with van der Waals surface area (Å²) >= 11 is 6.09. The molecule has 2 rings (SSSR count). The molecule has 1 aromatic carbocycles. The van der Waals surface area contributed by atoms with Gasteiger partial charge in [-0.05, 0) is 31.5 Å². The number of anilines is 1. The molecule has 1 aliphatic heterocycles. The van der Waals surface area contributed by atoms with Crippen molar-refractivity contribution in [2.75, 3.05) is 12.0 Å². The summed E-state index contributed by atoms with van der Waals surface area (Å²) in [7, 11) is 1.52. The van der Waals surface area contributed by atoms with E-state index in [1.807, 2.05) is 6.92 Å². The van der Waals surface area contributed by atoms with Gasteiger partial charge < -0.3 is 10.1 Å². The smallest absolute Gasteiger partial charge is 0.250 e. The van der Waals surface area contributed by atoms with Gasteiger partial charge in [-0.15, -0.1) is 0 Å². The van der Waals surface area contributed by atoms with Crippen LogP contribution in [0.5, 0.6) is 5.75 Å². The standard InChI is InChI=1S/C14H17ClN2O3/c1-4-11-14(19)17(8(2)13(18)16-11)9-5-6-12(20-3)10(15)7-9/h5-8,11H,4H2,1-3H3,(H,16,18). The summed E-state index contributed by atoms with van der Waals surface area (Å²) in [5.41, 5.74) is 0.599. The van der Waals surface area contributed by atoms with E-state index >= 15 is 0 Å². The van der Waals surface area contributed by atoms with Gasteiger partial charge in [0, 0.05) is 5.69 Å². The van der Waals surface area contributed by atoms with Gasteiger partial charge in [-0.1, -0.05) is 18.5 Å². The van der Waals surface area contributed by atoms with E-state index in [2.05, 4.69) is 5.32 Å². The van der Waals surface area contributed by atoms with E-state index in [1.165, 1.54) is 12.0 Å². The summed E-state index contributed by atoms with van der Waals surface area (Å²) in [6.07, 6.45) is 0.553. The first kappa shape index (κ1) is 14.7. The number of carbonyl (C=O) groups excluding carboxylic acids is 2. The lowest BCUT2D eigenvalue weighted by molar-refractivity contribution is -0.133. The largest absolute Gasteiger partial charge is 0.495 e. The van der Waals surface area contributed by atoms with Gasteiger partial charge in [-0.25, -0.2) is 0 Å². The zero-order valence-corrected chi connectivity index (χ0v) is 12.4. The van der Waals surface area contributed by atoms with E-state index in [0.29, 0.717) is 22.9 Å². The summed E-state index contributed by atoms with van der Waals surface area (Å²) in [4.78, 5) is 25.8. The van der Waals surface area contributed by atoms with E-state index in [9.17, 15) is 9.59 Å². The third-order valence-corrected chi connectivity index (χ3v) is 3.74. The number of hydrogen-bond donors (Lipinski definition) is 1. The van der Waals surface area contributed by atoms with Gasteiger partial charge in [-0.3, -0.25) is 14.5 Å². The Hall–Kier alpha value is -1.75. The number of benzene rings is 1. The van der Waals surface area contributed by atoms with E-state index in [0.717, 1.165) is 0 Å². The first-order chi connectivity index (χ1) is 9.49. The number of halogens is 1. The molecule has 108 valence electrons. The fourth-order valence-electron chi connectivity index (χ4n) is 2.26. The van der Waals surface area contributed by atoms with E-state index in [1.54, 1.807) is 25.1 Å². The molecule has 1 heterocycles. The second kappa shape index (κ2) is 5.71. The second-order valence-corrected chi connectivity index (χ2v) is 5.08. The number of methoxy groups -OCH3 is 1. The van der Waals surface area contributed by atoms with E-state index in [-0.39, 0.29) is 11.8 Å². The molecule has 20 heavy (non-hydrogen) atoms. The number of hydrogen-bond acceptors (Lipinski definition) is 3. The van der Waals surface area contributed by atoms with Gasteiger partial charge in [0.05, 0.1) is 12.1 Å². The Kier molecular flexibility index (Phi) is 4.18. The number of nitrogens with one attached hydrogen (secondary N) is 1. The summed E-state index contributed by atoms with van der Waals surface area (Å²) in [6, 6.07) is 4.00. The number of amides is 2. The summed E-state index contributed by atoms with van der Waals surface area (Å²) in [6.45, 7) is 3.55. The molecule has 0 aliphatic carbocycles. The fraction of sp³-hybridized carbons (Fsp3) is 0.429. The van der Waals surface area contributed by atoms with Crippen molar-refractivity contribution in [3.8, 4) is 5.75 Å². The molecule has 1 N–H and O–H groups in total. The monoisotopic (exact) mass is 296 g/mol. The van der Waals surface area contributed by atoms with Crippen LogP contribution in [0.1, 0.15) is 20.3 Å². The molecule has 5 nitrogen and oxygen atoms in total.